The Morgan fingerprint density at radius 1 is 1.19 bits per heavy atom. The van der Waals surface area contributed by atoms with Crippen LogP contribution in [0.25, 0.3) is 0 Å². The SMILES string of the molecule is NCC#Cc1ccccc1C(=O)NCCNC(=O)C1CC1. The molecule has 2 amide bonds. The van der Waals surface area contributed by atoms with Crippen LogP contribution in [0.1, 0.15) is 28.8 Å². The summed E-state index contributed by atoms with van der Waals surface area (Å²) >= 11 is 0. The van der Waals surface area contributed by atoms with Gasteiger partial charge in [0.15, 0.2) is 0 Å². The van der Waals surface area contributed by atoms with Gasteiger partial charge < -0.3 is 16.4 Å². The first-order valence-corrected chi connectivity index (χ1v) is 7.06. The van der Waals surface area contributed by atoms with Crippen molar-refractivity contribution in [2.45, 2.75) is 12.8 Å². The summed E-state index contributed by atoms with van der Waals surface area (Å²) in [5, 5.41) is 5.58. The van der Waals surface area contributed by atoms with Crippen LogP contribution in [0, 0.1) is 17.8 Å². The van der Waals surface area contributed by atoms with Gasteiger partial charge in [0, 0.05) is 24.6 Å². The summed E-state index contributed by atoms with van der Waals surface area (Å²) in [6.45, 7) is 1.09. The van der Waals surface area contributed by atoms with Crippen molar-refractivity contribution in [3.05, 3.63) is 35.4 Å². The van der Waals surface area contributed by atoms with Crippen molar-refractivity contribution >= 4 is 11.8 Å². The van der Waals surface area contributed by atoms with Crippen LogP contribution < -0.4 is 16.4 Å². The Labute approximate surface area is 124 Å². The normalized spacial score (nSPS) is 13.0. The van der Waals surface area contributed by atoms with Gasteiger partial charge >= 0.3 is 0 Å². The maximum Gasteiger partial charge on any atom is 0.252 e. The third-order valence-corrected chi connectivity index (χ3v) is 3.15. The molecular formula is C16H19N3O2. The van der Waals surface area contributed by atoms with Gasteiger partial charge in [-0.15, -0.1) is 0 Å². The van der Waals surface area contributed by atoms with Gasteiger partial charge in [0.05, 0.1) is 12.1 Å². The standard InChI is InChI=1S/C16H19N3O2/c17-9-3-5-12-4-1-2-6-14(12)16(21)19-11-10-18-15(20)13-7-8-13/h1-2,4,6,13H,7-11,17H2,(H,18,20)(H,19,21). The molecule has 21 heavy (non-hydrogen) atoms. The summed E-state index contributed by atoms with van der Waals surface area (Å²) in [5.74, 6) is 5.70. The first kappa shape index (κ1) is 15.1. The van der Waals surface area contributed by atoms with Crippen LogP contribution in [0.3, 0.4) is 0 Å². The molecule has 0 radical (unpaired) electrons. The average Bonchev–Trinajstić information content (AvgIpc) is 3.34. The van der Waals surface area contributed by atoms with Gasteiger partial charge in [0.1, 0.15) is 0 Å². The molecule has 0 aromatic heterocycles. The lowest BCUT2D eigenvalue weighted by Gasteiger charge is -2.08. The zero-order valence-electron chi connectivity index (χ0n) is 11.8. The molecule has 5 heteroatoms. The van der Waals surface area contributed by atoms with Gasteiger partial charge in [-0.3, -0.25) is 9.59 Å². The van der Waals surface area contributed by atoms with Crippen molar-refractivity contribution < 1.29 is 9.59 Å². The molecule has 1 aliphatic carbocycles. The molecule has 1 aromatic carbocycles. The zero-order valence-corrected chi connectivity index (χ0v) is 11.8. The highest BCUT2D eigenvalue weighted by molar-refractivity contribution is 5.96. The minimum Gasteiger partial charge on any atom is -0.354 e. The summed E-state index contributed by atoms with van der Waals surface area (Å²) in [5.41, 5.74) is 6.52. The number of nitrogens with two attached hydrogens (primary N) is 1. The molecule has 2 rings (SSSR count). The second-order valence-electron chi connectivity index (χ2n) is 4.87. The molecule has 110 valence electrons. The Balaban J connectivity index is 1.83. The molecule has 5 nitrogen and oxygen atoms in total. The molecule has 0 atom stereocenters. The molecule has 1 saturated carbocycles. The lowest BCUT2D eigenvalue weighted by molar-refractivity contribution is -0.122. The molecule has 0 heterocycles. The van der Waals surface area contributed by atoms with E-state index in [1.807, 2.05) is 6.07 Å². The quantitative estimate of drug-likeness (QED) is 0.536. The smallest absolute Gasteiger partial charge is 0.252 e. The van der Waals surface area contributed by atoms with Crippen LogP contribution in [-0.4, -0.2) is 31.4 Å². The summed E-state index contributed by atoms with van der Waals surface area (Å²) in [7, 11) is 0. The number of nitrogens with one attached hydrogen (secondary N) is 2. The predicted molar refractivity (Wildman–Crippen MR) is 80.4 cm³/mol. The molecule has 0 saturated heterocycles. The van der Waals surface area contributed by atoms with Crippen molar-refractivity contribution in [3.63, 3.8) is 0 Å². The predicted octanol–water partition coefficient (Wildman–Crippen LogP) is 0.253. The van der Waals surface area contributed by atoms with E-state index in [4.69, 9.17) is 5.73 Å². The largest absolute Gasteiger partial charge is 0.354 e. The molecule has 0 aliphatic heterocycles. The highest BCUT2D eigenvalue weighted by atomic mass is 16.2. The fourth-order valence-electron chi connectivity index (χ4n) is 1.88. The van der Waals surface area contributed by atoms with E-state index in [0.717, 1.165) is 12.8 Å². The van der Waals surface area contributed by atoms with E-state index in [1.54, 1.807) is 18.2 Å². The molecular weight excluding hydrogens is 266 g/mol. The third kappa shape index (κ3) is 4.62. The Hall–Kier alpha value is -2.32. The Bertz CT molecular complexity index is 583. The van der Waals surface area contributed by atoms with E-state index in [1.165, 1.54) is 0 Å². The number of hydrogen-bond donors (Lipinski definition) is 3. The van der Waals surface area contributed by atoms with Gasteiger partial charge in [-0.25, -0.2) is 0 Å². The van der Waals surface area contributed by atoms with E-state index in [-0.39, 0.29) is 24.3 Å². The molecule has 1 fully saturated rings. The van der Waals surface area contributed by atoms with E-state index in [9.17, 15) is 9.59 Å². The lowest BCUT2D eigenvalue weighted by atomic mass is 10.1. The van der Waals surface area contributed by atoms with Gasteiger partial charge in [-0.05, 0) is 25.0 Å². The van der Waals surface area contributed by atoms with E-state index >= 15 is 0 Å². The number of amides is 2. The molecule has 4 N–H and O–H groups in total. The fraction of sp³-hybridized carbons (Fsp3) is 0.375. The maximum atomic E-state index is 12.1. The van der Waals surface area contributed by atoms with Crippen molar-refractivity contribution in [3.8, 4) is 11.8 Å². The highest BCUT2D eigenvalue weighted by Crippen LogP contribution is 2.28. The van der Waals surface area contributed by atoms with Crippen LogP contribution >= 0.6 is 0 Å². The van der Waals surface area contributed by atoms with Crippen LogP contribution in [0.5, 0.6) is 0 Å². The molecule has 0 bridgehead atoms. The van der Waals surface area contributed by atoms with Crippen molar-refractivity contribution in [2.24, 2.45) is 11.7 Å². The Morgan fingerprint density at radius 3 is 2.62 bits per heavy atom. The minimum atomic E-state index is -0.197. The molecule has 1 aliphatic rings. The van der Waals surface area contributed by atoms with Crippen molar-refractivity contribution in [1.29, 1.82) is 0 Å². The van der Waals surface area contributed by atoms with Crippen LogP contribution in [0.15, 0.2) is 24.3 Å². The van der Waals surface area contributed by atoms with Crippen LogP contribution in [-0.2, 0) is 4.79 Å². The lowest BCUT2D eigenvalue weighted by Crippen LogP contribution is -2.35. The van der Waals surface area contributed by atoms with Gasteiger partial charge in [-0.2, -0.15) is 0 Å². The van der Waals surface area contributed by atoms with Crippen LogP contribution in [0.2, 0.25) is 0 Å². The number of benzene rings is 1. The third-order valence-electron chi connectivity index (χ3n) is 3.15. The summed E-state index contributed by atoms with van der Waals surface area (Å²) in [4.78, 5) is 23.5. The highest BCUT2D eigenvalue weighted by Gasteiger charge is 2.28. The summed E-state index contributed by atoms with van der Waals surface area (Å²) in [6.07, 6.45) is 1.96. The van der Waals surface area contributed by atoms with E-state index < -0.39 is 0 Å². The van der Waals surface area contributed by atoms with E-state index in [0.29, 0.717) is 24.2 Å². The number of hydrogen-bond acceptors (Lipinski definition) is 3. The fourth-order valence-corrected chi connectivity index (χ4v) is 1.88. The van der Waals surface area contributed by atoms with Crippen LogP contribution in [0.4, 0.5) is 0 Å². The number of rotatable bonds is 5. The Kier molecular flexibility index (Phi) is 5.35. The molecule has 0 spiro atoms. The topological polar surface area (TPSA) is 84.2 Å². The molecule has 1 aromatic rings. The van der Waals surface area contributed by atoms with Gasteiger partial charge in [-0.1, -0.05) is 24.0 Å². The van der Waals surface area contributed by atoms with Gasteiger partial charge in [0.25, 0.3) is 5.91 Å². The van der Waals surface area contributed by atoms with E-state index in [2.05, 4.69) is 22.5 Å². The monoisotopic (exact) mass is 285 g/mol. The van der Waals surface area contributed by atoms with Gasteiger partial charge in [0.2, 0.25) is 5.91 Å². The summed E-state index contributed by atoms with van der Waals surface area (Å²) in [6, 6.07) is 7.12. The minimum absolute atomic E-state index is 0.0819. The second kappa shape index (κ2) is 7.46. The van der Waals surface area contributed by atoms with Crippen molar-refractivity contribution in [1.82, 2.24) is 10.6 Å². The average molecular weight is 285 g/mol. The maximum absolute atomic E-state index is 12.1. The zero-order chi connectivity index (χ0) is 15.1. The Morgan fingerprint density at radius 2 is 1.90 bits per heavy atom. The number of carbonyl (C=O) groups is 2. The summed E-state index contributed by atoms with van der Waals surface area (Å²) < 4.78 is 0. The first-order chi connectivity index (χ1) is 10.2. The number of carbonyl (C=O) groups excluding carboxylic acids is 2. The van der Waals surface area contributed by atoms with Crippen molar-refractivity contribution in [2.75, 3.05) is 19.6 Å². The molecule has 0 unspecified atom stereocenters. The first-order valence-electron chi connectivity index (χ1n) is 7.06. The second-order valence-corrected chi connectivity index (χ2v) is 4.87.